The van der Waals surface area contributed by atoms with Crippen molar-refractivity contribution < 1.29 is 4.79 Å². The minimum absolute atomic E-state index is 0.189. The summed E-state index contributed by atoms with van der Waals surface area (Å²) < 4.78 is 0. The monoisotopic (exact) mass is 424 g/mol. The number of carbonyl (C=O) groups is 1. The molecular weight excluding hydrogens is 408 g/mol. The summed E-state index contributed by atoms with van der Waals surface area (Å²) in [5.41, 5.74) is 2.80. The van der Waals surface area contributed by atoms with E-state index >= 15 is 0 Å². The molecule has 150 valence electrons. The van der Waals surface area contributed by atoms with Gasteiger partial charge in [0, 0.05) is 50.5 Å². The third kappa shape index (κ3) is 3.91. The van der Waals surface area contributed by atoms with E-state index in [2.05, 4.69) is 15.6 Å². The molecule has 1 amide bonds. The number of nitrogens with one attached hydrogen (secondary N) is 2. The summed E-state index contributed by atoms with van der Waals surface area (Å²) in [6, 6.07) is 24.3. The summed E-state index contributed by atoms with van der Waals surface area (Å²) in [4.78, 5) is 21.9. The minimum atomic E-state index is -0.189. The lowest BCUT2D eigenvalue weighted by Crippen LogP contribution is -2.11. The molecule has 5 rings (SSSR count). The average molecular weight is 425 g/mol. The summed E-state index contributed by atoms with van der Waals surface area (Å²) in [6.45, 7) is 0. The second-order valence-corrected chi connectivity index (χ2v) is 7.51. The number of amides is 1. The molecule has 2 aromatic heterocycles. The van der Waals surface area contributed by atoms with Crippen molar-refractivity contribution in [3.05, 3.63) is 102 Å². The van der Waals surface area contributed by atoms with E-state index < -0.39 is 0 Å². The maximum absolute atomic E-state index is 12.8. The molecule has 2 N–H and O–H groups in total. The van der Waals surface area contributed by atoms with Crippen molar-refractivity contribution in [3.63, 3.8) is 0 Å². The van der Waals surface area contributed by atoms with E-state index in [1.807, 2.05) is 72.9 Å². The number of anilines is 3. The second kappa shape index (κ2) is 8.05. The zero-order valence-electron chi connectivity index (χ0n) is 16.3. The molecule has 6 heteroatoms. The van der Waals surface area contributed by atoms with Crippen molar-refractivity contribution in [1.29, 1.82) is 0 Å². The van der Waals surface area contributed by atoms with Gasteiger partial charge < -0.3 is 10.6 Å². The Morgan fingerprint density at radius 2 is 1.65 bits per heavy atom. The number of hydrogen-bond acceptors (Lipinski definition) is 4. The number of benzene rings is 3. The lowest BCUT2D eigenvalue weighted by Gasteiger charge is -2.12. The van der Waals surface area contributed by atoms with Gasteiger partial charge in [-0.15, -0.1) is 0 Å². The fourth-order valence-corrected chi connectivity index (χ4v) is 3.70. The lowest BCUT2D eigenvalue weighted by molar-refractivity contribution is 0.102. The van der Waals surface area contributed by atoms with Gasteiger partial charge in [0.05, 0.1) is 5.52 Å². The van der Waals surface area contributed by atoms with Crippen molar-refractivity contribution in [2.24, 2.45) is 0 Å². The summed E-state index contributed by atoms with van der Waals surface area (Å²) in [5.74, 6) is 0.485. The van der Waals surface area contributed by atoms with Crippen molar-refractivity contribution in [2.45, 2.75) is 0 Å². The predicted molar refractivity (Wildman–Crippen MR) is 126 cm³/mol. The smallest absolute Gasteiger partial charge is 0.255 e. The molecule has 0 unspecified atom stereocenters. The maximum Gasteiger partial charge on any atom is 0.255 e. The number of nitrogens with zero attached hydrogens (tertiary/aromatic N) is 2. The van der Waals surface area contributed by atoms with Crippen LogP contribution in [-0.4, -0.2) is 15.9 Å². The highest BCUT2D eigenvalue weighted by Crippen LogP contribution is 2.31. The Morgan fingerprint density at radius 1 is 0.806 bits per heavy atom. The number of para-hydroxylation sites is 1. The van der Waals surface area contributed by atoms with E-state index in [9.17, 15) is 4.79 Å². The molecule has 0 spiro atoms. The first kappa shape index (κ1) is 19.0. The van der Waals surface area contributed by atoms with Crippen molar-refractivity contribution in [1.82, 2.24) is 9.97 Å². The summed E-state index contributed by atoms with van der Waals surface area (Å²) in [5, 5.41) is 9.70. The predicted octanol–water partition coefficient (Wildman–Crippen LogP) is 6.43. The van der Waals surface area contributed by atoms with Gasteiger partial charge in [-0.05, 0) is 48.5 Å². The van der Waals surface area contributed by atoms with Gasteiger partial charge in [-0.3, -0.25) is 9.78 Å². The van der Waals surface area contributed by atoms with Crippen LogP contribution in [0.15, 0.2) is 91.3 Å². The van der Waals surface area contributed by atoms with E-state index in [0.717, 1.165) is 27.5 Å². The fourth-order valence-electron chi connectivity index (χ4n) is 3.51. The van der Waals surface area contributed by atoms with E-state index in [-0.39, 0.29) is 5.91 Å². The third-order valence-corrected chi connectivity index (χ3v) is 5.21. The Kier molecular flexibility index (Phi) is 4.94. The zero-order chi connectivity index (χ0) is 21.2. The van der Waals surface area contributed by atoms with Crippen LogP contribution < -0.4 is 10.6 Å². The molecular formula is C25H17ClN4O. The second-order valence-electron chi connectivity index (χ2n) is 7.07. The first-order chi connectivity index (χ1) is 15.2. The van der Waals surface area contributed by atoms with Crippen LogP contribution in [0.25, 0.3) is 21.7 Å². The van der Waals surface area contributed by atoms with Crippen LogP contribution in [-0.2, 0) is 0 Å². The van der Waals surface area contributed by atoms with Gasteiger partial charge in [-0.25, -0.2) is 4.98 Å². The van der Waals surface area contributed by atoms with Gasteiger partial charge in [0.2, 0.25) is 0 Å². The Morgan fingerprint density at radius 3 is 2.48 bits per heavy atom. The Labute approximate surface area is 183 Å². The molecule has 0 fully saturated rings. The van der Waals surface area contributed by atoms with Gasteiger partial charge in [-0.1, -0.05) is 41.9 Å². The molecule has 0 aliphatic carbocycles. The molecule has 31 heavy (non-hydrogen) atoms. The van der Waals surface area contributed by atoms with Crippen LogP contribution in [0.2, 0.25) is 5.02 Å². The molecule has 0 atom stereocenters. The van der Waals surface area contributed by atoms with Crippen molar-refractivity contribution in [3.8, 4) is 0 Å². The van der Waals surface area contributed by atoms with Crippen molar-refractivity contribution in [2.75, 3.05) is 10.6 Å². The van der Waals surface area contributed by atoms with Gasteiger partial charge in [0.15, 0.2) is 0 Å². The van der Waals surface area contributed by atoms with Crippen LogP contribution in [0.3, 0.4) is 0 Å². The lowest BCUT2D eigenvalue weighted by atomic mass is 10.1. The van der Waals surface area contributed by atoms with E-state index in [1.165, 1.54) is 0 Å². The van der Waals surface area contributed by atoms with Crippen LogP contribution in [0.1, 0.15) is 10.4 Å². The van der Waals surface area contributed by atoms with Gasteiger partial charge in [-0.2, -0.15) is 0 Å². The zero-order valence-corrected chi connectivity index (χ0v) is 17.1. The fraction of sp³-hybridized carbons (Fsp3) is 0. The number of fused-ring (bicyclic) bond motifs is 3. The highest BCUT2D eigenvalue weighted by Gasteiger charge is 2.12. The highest BCUT2D eigenvalue weighted by atomic mass is 35.5. The topological polar surface area (TPSA) is 66.9 Å². The quantitative estimate of drug-likeness (QED) is 0.326. The van der Waals surface area contributed by atoms with Gasteiger partial charge in [0.25, 0.3) is 5.91 Å². The number of rotatable bonds is 4. The SMILES string of the molecule is O=C(Nc1ccccc1)c1ccc2c(c1)nc(Nc1cccc(Cl)c1)c1ccncc12. The average Bonchev–Trinajstić information content (AvgIpc) is 2.79. The molecule has 0 saturated carbocycles. The normalized spacial score (nSPS) is 10.9. The van der Waals surface area contributed by atoms with Crippen LogP contribution in [0.4, 0.5) is 17.2 Å². The summed E-state index contributed by atoms with van der Waals surface area (Å²) in [7, 11) is 0. The summed E-state index contributed by atoms with van der Waals surface area (Å²) in [6.07, 6.45) is 3.55. The number of pyridine rings is 2. The Hall–Kier alpha value is -3.96. The van der Waals surface area contributed by atoms with Crippen LogP contribution in [0.5, 0.6) is 0 Å². The number of carbonyl (C=O) groups excluding carboxylic acids is 1. The molecule has 0 aliphatic heterocycles. The molecule has 0 aliphatic rings. The van der Waals surface area contributed by atoms with Gasteiger partial charge >= 0.3 is 0 Å². The Balaban J connectivity index is 1.59. The summed E-state index contributed by atoms with van der Waals surface area (Å²) >= 11 is 6.13. The largest absolute Gasteiger partial charge is 0.340 e. The Bertz CT molecular complexity index is 1420. The molecule has 5 nitrogen and oxygen atoms in total. The molecule has 0 radical (unpaired) electrons. The number of aromatic nitrogens is 2. The van der Waals surface area contributed by atoms with Gasteiger partial charge in [0.1, 0.15) is 5.82 Å². The van der Waals surface area contributed by atoms with E-state index in [4.69, 9.17) is 16.6 Å². The maximum atomic E-state index is 12.8. The third-order valence-electron chi connectivity index (χ3n) is 4.98. The molecule has 5 aromatic rings. The standard InChI is InChI=1S/C25H17ClN4O/c26-17-5-4-8-19(14-17)28-24-21-11-12-27-15-22(21)20-10-9-16(13-23(20)30-24)25(31)29-18-6-2-1-3-7-18/h1-15H,(H,28,30)(H,29,31). The molecule has 0 bridgehead atoms. The van der Waals surface area contributed by atoms with Crippen molar-refractivity contribution >= 4 is 56.4 Å². The van der Waals surface area contributed by atoms with Crippen LogP contribution >= 0.6 is 11.6 Å². The molecule has 2 heterocycles. The first-order valence-corrected chi connectivity index (χ1v) is 10.1. The van der Waals surface area contributed by atoms with E-state index in [0.29, 0.717) is 21.9 Å². The van der Waals surface area contributed by atoms with Crippen LogP contribution in [0, 0.1) is 0 Å². The minimum Gasteiger partial charge on any atom is -0.340 e. The highest BCUT2D eigenvalue weighted by molar-refractivity contribution is 6.30. The first-order valence-electron chi connectivity index (χ1n) is 9.74. The number of halogens is 1. The number of hydrogen-bond donors (Lipinski definition) is 2. The molecule has 0 saturated heterocycles. The molecule has 3 aromatic carbocycles. The van der Waals surface area contributed by atoms with E-state index in [1.54, 1.807) is 18.3 Å².